The third-order valence-corrected chi connectivity index (χ3v) is 23.6. The van der Waals surface area contributed by atoms with Crippen LogP contribution in [0.25, 0.3) is 89.2 Å². The first kappa shape index (κ1) is 97.7. The Bertz CT molecular complexity index is 6610. The fourth-order valence-corrected chi connectivity index (χ4v) is 16.8. The lowest BCUT2D eigenvalue weighted by atomic mass is 9.89. The second-order valence-corrected chi connectivity index (χ2v) is 35.4. The highest BCUT2D eigenvalue weighted by atomic mass is 35.5. The van der Waals surface area contributed by atoms with Crippen LogP contribution < -0.4 is 73.4 Å². The number of hydrogen-bond acceptors (Lipinski definition) is 27. The van der Waals surface area contributed by atoms with Gasteiger partial charge in [-0.25, -0.2) is 19.9 Å². The molecular formula is C104H124ClN23O8. The van der Waals surface area contributed by atoms with Gasteiger partial charge in [-0.05, 0) is 126 Å². The number of rotatable bonds is 34. The molecule has 3 atom stereocenters. The monoisotopic (exact) mass is 1860 g/mol. The summed E-state index contributed by atoms with van der Waals surface area (Å²) >= 11 is 5.94. The molecule has 16 aromatic rings. The van der Waals surface area contributed by atoms with E-state index in [1.807, 2.05) is 144 Å². The Balaban J connectivity index is 0.000000145. The molecule has 31 nitrogen and oxygen atoms in total. The first-order valence-corrected chi connectivity index (χ1v) is 46.1. The van der Waals surface area contributed by atoms with Crippen molar-refractivity contribution in [3.05, 3.63) is 220 Å². The number of alkyl halides is 1. The molecule has 32 heteroatoms. The Morgan fingerprint density at radius 2 is 0.721 bits per heavy atom. The minimum absolute atomic E-state index is 0.119. The first-order chi connectivity index (χ1) is 65.7. The van der Waals surface area contributed by atoms with Gasteiger partial charge in [0.25, 0.3) is 0 Å². The third-order valence-electron chi connectivity index (χ3n) is 23.3. The van der Waals surface area contributed by atoms with E-state index in [0.717, 1.165) is 226 Å². The number of nitrogens with one attached hydrogen (secondary N) is 3. The highest BCUT2D eigenvalue weighted by Crippen LogP contribution is 2.42. The quantitative estimate of drug-likeness (QED) is 0.0249. The molecule has 8 aromatic heterocycles. The molecular weight excluding hydrogens is 1730 g/mol. The van der Waals surface area contributed by atoms with Gasteiger partial charge in [-0.1, -0.05) is 34.1 Å². The van der Waals surface area contributed by atoms with Crippen molar-refractivity contribution in [2.75, 3.05) is 109 Å². The zero-order chi connectivity index (χ0) is 96.3. The predicted octanol–water partition coefficient (Wildman–Crippen LogP) is 19.5. The van der Waals surface area contributed by atoms with Crippen LogP contribution in [0.2, 0.25) is 0 Å². The van der Waals surface area contributed by atoms with E-state index in [0.29, 0.717) is 24.0 Å². The zero-order valence-corrected chi connectivity index (χ0v) is 82.1. The molecule has 0 amide bonds. The van der Waals surface area contributed by atoms with Crippen molar-refractivity contribution in [1.82, 2.24) is 94.9 Å². The second-order valence-electron chi connectivity index (χ2n) is 35.0. The van der Waals surface area contributed by atoms with Crippen LogP contribution in [0, 0.1) is 0 Å². The summed E-state index contributed by atoms with van der Waals surface area (Å²) in [5, 5.41) is 28.0. The molecule has 1 aliphatic rings. The molecule has 8 aromatic carbocycles. The average molecular weight is 1860 g/mol. The van der Waals surface area contributed by atoms with Crippen LogP contribution in [-0.2, 0) is 28.2 Å². The highest BCUT2D eigenvalue weighted by molar-refractivity contribution is 6.17. The Labute approximate surface area is 800 Å². The number of benzene rings is 8. The largest absolute Gasteiger partial charge is 0.497 e. The lowest BCUT2D eigenvalue weighted by Gasteiger charge is -2.40. The van der Waals surface area contributed by atoms with E-state index in [-0.39, 0.29) is 17.6 Å². The molecule has 17 rings (SSSR count). The van der Waals surface area contributed by atoms with Gasteiger partial charge in [0, 0.05) is 261 Å². The maximum Gasteiger partial charge on any atom is 0.124 e. The van der Waals surface area contributed by atoms with Gasteiger partial charge >= 0.3 is 0 Å². The Hall–Kier alpha value is -14.3. The number of piperidine rings is 1. The van der Waals surface area contributed by atoms with Crippen LogP contribution in [-0.4, -0.2) is 204 Å². The molecule has 9 heterocycles. The average Bonchev–Trinajstić information content (AvgIpc) is 1.33. The van der Waals surface area contributed by atoms with E-state index in [9.17, 15) is 0 Å². The maximum absolute atomic E-state index is 5.94. The molecule has 3 unspecified atom stereocenters. The molecule has 0 saturated carbocycles. The van der Waals surface area contributed by atoms with Gasteiger partial charge in [-0.15, -0.1) is 11.6 Å². The summed E-state index contributed by atoms with van der Waals surface area (Å²) < 4.78 is 51.4. The van der Waals surface area contributed by atoms with Crippen molar-refractivity contribution in [2.45, 2.75) is 123 Å². The second kappa shape index (κ2) is 45.2. The lowest BCUT2D eigenvalue weighted by molar-refractivity contribution is 0.246. The van der Waals surface area contributed by atoms with E-state index in [2.05, 4.69) is 192 Å². The number of halogens is 1. The maximum atomic E-state index is 5.94. The van der Waals surface area contributed by atoms with Gasteiger partial charge in [0.1, 0.15) is 46.0 Å². The van der Waals surface area contributed by atoms with Crippen LogP contribution in [0.4, 0.5) is 45.5 Å². The smallest absolute Gasteiger partial charge is 0.124 e. The number of ether oxygens (including phenoxy) is 8. The van der Waals surface area contributed by atoms with E-state index < -0.39 is 0 Å². The van der Waals surface area contributed by atoms with E-state index in [1.165, 1.54) is 12.8 Å². The standard InChI is InChI=1S/C28H34N6O2.2C26H32N6O2.C24H26ClN5O2/c1-28(2)10-6-7-20(32-28)18-34(22-11-23(35-4)14-24(12-22)36-5)21-8-9-25-26(13-21)31-27(16-29-25)19-15-30-33(3)17-19;1-17(2)29-18(3)15-32(21-9-22(33-5)12-23(10-21)34-6)20-7-8-24-25(11-20)30-26(14-27-24)19-13-28-31(4)16-19;1-17(2)27-13-18(3)32(21-9-22(33-5)12-23(10-21)34-6)20-7-8-24-25(11-20)30-26(15-28-24)19-14-29-31(4)16-19;1-29-16-17(14-27-29)24-15-26-22-7-6-18(12-23(22)28-24)30(9-5-4-8-25)19-10-20(31-2)13-21(11-19)32-3/h8-9,11-17,20,32H,6-7,10,18H2,1-5H3;7-14,16-18,29H,15H2,1-6H3;7-12,14-18,27H,13H2,1-6H3;6-7,10-16H,4-5,8-9H2,1-3H3. The van der Waals surface area contributed by atoms with Gasteiger partial charge in [0.2, 0.25) is 0 Å². The van der Waals surface area contributed by atoms with Crippen molar-refractivity contribution in [3.8, 4) is 91.0 Å². The van der Waals surface area contributed by atoms with Crippen molar-refractivity contribution in [3.63, 3.8) is 0 Å². The number of unbranched alkanes of at least 4 members (excludes halogenated alkanes) is 1. The van der Waals surface area contributed by atoms with Gasteiger partial charge in [0.05, 0.1) is 173 Å². The van der Waals surface area contributed by atoms with Crippen LogP contribution in [0.1, 0.15) is 87.5 Å². The third kappa shape index (κ3) is 25.0. The summed E-state index contributed by atoms with van der Waals surface area (Å²) in [6.07, 6.45) is 27.5. The van der Waals surface area contributed by atoms with Crippen LogP contribution in [0.3, 0.4) is 0 Å². The minimum Gasteiger partial charge on any atom is -0.497 e. The van der Waals surface area contributed by atoms with Crippen molar-refractivity contribution < 1.29 is 37.9 Å². The molecule has 0 bridgehead atoms. The van der Waals surface area contributed by atoms with E-state index in [4.69, 9.17) is 69.4 Å². The predicted molar refractivity (Wildman–Crippen MR) is 543 cm³/mol. The molecule has 1 aliphatic heterocycles. The number of fused-ring (bicyclic) bond motifs is 4. The SMILES string of the molecule is COc1cc(OC)cc(N(CC(C)NC(C)C)c2ccc3ncc(-c4cnn(C)c4)nc3c2)c1.COc1cc(OC)cc(N(CC2CCCC(C)(C)N2)c2ccc3ncc(-c4cnn(C)c4)nc3c2)c1.COc1cc(OC)cc(N(CCCCCl)c2ccc3ncc(-c4cnn(C)c4)nc3c2)c1.COc1cc(OC)cc(N(c2ccc3ncc(-c4cnn(C)c4)nc3c2)C(C)CNC(C)C)c1. The molecule has 0 radical (unpaired) electrons. The molecule has 136 heavy (non-hydrogen) atoms. The van der Waals surface area contributed by atoms with E-state index in [1.54, 1.807) is 119 Å². The fourth-order valence-electron chi connectivity index (χ4n) is 16.6. The molecule has 1 saturated heterocycles. The van der Waals surface area contributed by atoms with Crippen LogP contribution in [0.15, 0.2) is 220 Å². The summed E-state index contributed by atoms with van der Waals surface area (Å²) in [6, 6.07) is 49.9. The van der Waals surface area contributed by atoms with Gasteiger partial charge in [-0.3, -0.25) is 38.7 Å². The number of hydrogen-bond donors (Lipinski definition) is 3. The van der Waals surface area contributed by atoms with Crippen molar-refractivity contribution >= 4 is 101 Å². The number of aromatic nitrogens is 16. The Kier molecular flexibility index (Phi) is 32.5. The number of nitrogens with zero attached hydrogens (tertiary/aromatic N) is 20. The fraction of sp³-hybridized carbons (Fsp3) is 0.346. The molecule has 0 spiro atoms. The zero-order valence-electron chi connectivity index (χ0n) is 81.3. The van der Waals surface area contributed by atoms with Gasteiger partial charge < -0.3 is 73.4 Å². The number of aryl methyl sites for hydroxylation is 4. The summed E-state index contributed by atoms with van der Waals surface area (Å²) in [4.78, 5) is 47.1. The summed E-state index contributed by atoms with van der Waals surface area (Å²) in [6.45, 7) is 20.7. The number of methoxy groups -OCH3 is 8. The molecule has 1 fully saturated rings. The van der Waals surface area contributed by atoms with Crippen molar-refractivity contribution in [2.24, 2.45) is 28.2 Å². The molecule has 710 valence electrons. The van der Waals surface area contributed by atoms with E-state index >= 15 is 0 Å². The Morgan fingerprint density at radius 3 is 1.05 bits per heavy atom. The lowest BCUT2D eigenvalue weighted by Crippen LogP contribution is -2.53. The van der Waals surface area contributed by atoms with Gasteiger partial charge in [0.15, 0.2) is 0 Å². The topological polar surface area (TPSA) is 297 Å². The summed E-state index contributed by atoms with van der Waals surface area (Å²) in [5.41, 5.74) is 21.7. The number of anilines is 8. The molecule has 0 aliphatic carbocycles. The van der Waals surface area contributed by atoms with Gasteiger partial charge in [-0.2, -0.15) is 20.4 Å². The summed E-state index contributed by atoms with van der Waals surface area (Å²) in [5.74, 6) is 6.57. The van der Waals surface area contributed by atoms with Crippen LogP contribution in [0.5, 0.6) is 46.0 Å². The minimum atomic E-state index is 0.119. The van der Waals surface area contributed by atoms with Crippen molar-refractivity contribution in [1.29, 1.82) is 0 Å². The normalized spacial score (nSPS) is 13.2. The highest BCUT2D eigenvalue weighted by Gasteiger charge is 2.30. The first-order valence-electron chi connectivity index (χ1n) is 45.6. The summed E-state index contributed by atoms with van der Waals surface area (Å²) in [7, 11) is 20.9. The van der Waals surface area contributed by atoms with Crippen LogP contribution >= 0.6 is 11.6 Å². The molecule has 3 N–H and O–H groups in total. The Morgan fingerprint density at radius 1 is 0.390 bits per heavy atom.